The molecule has 5 heteroatoms. The molecule has 84 valence electrons. The van der Waals surface area contributed by atoms with E-state index in [2.05, 4.69) is 17.1 Å². The van der Waals surface area contributed by atoms with E-state index in [0.29, 0.717) is 12.3 Å². The predicted molar refractivity (Wildman–Crippen MR) is 54.3 cm³/mol. The minimum absolute atomic E-state index is 0.107. The van der Waals surface area contributed by atoms with Crippen molar-refractivity contribution in [3.8, 4) is 0 Å². The molecule has 0 saturated heterocycles. The van der Waals surface area contributed by atoms with Crippen LogP contribution in [0.2, 0.25) is 0 Å². The Hall–Kier alpha value is -0.940. The Morgan fingerprint density at radius 1 is 1.60 bits per heavy atom. The standard InChI is InChI=1S/C10H17N3O2/c1-9(3-4-9)8-12-7(15-13-8)5-10(2,14)6-11/h14H,3-6,11H2,1-2H3. The summed E-state index contributed by atoms with van der Waals surface area (Å²) < 4.78 is 5.09. The van der Waals surface area contributed by atoms with E-state index in [1.54, 1.807) is 6.92 Å². The fourth-order valence-corrected chi connectivity index (χ4v) is 1.38. The van der Waals surface area contributed by atoms with Gasteiger partial charge < -0.3 is 15.4 Å². The highest BCUT2D eigenvalue weighted by Gasteiger charge is 2.43. The minimum atomic E-state index is -0.964. The normalized spacial score (nSPS) is 22.4. The molecule has 0 amide bonds. The number of hydrogen-bond acceptors (Lipinski definition) is 5. The van der Waals surface area contributed by atoms with Crippen molar-refractivity contribution in [1.82, 2.24) is 10.1 Å². The lowest BCUT2D eigenvalue weighted by Crippen LogP contribution is -2.36. The van der Waals surface area contributed by atoms with Crippen molar-refractivity contribution in [3.05, 3.63) is 11.7 Å². The third-order valence-electron chi connectivity index (χ3n) is 2.98. The highest BCUT2D eigenvalue weighted by Crippen LogP contribution is 2.45. The van der Waals surface area contributed by atoms with Crippen LogP contribution in [0, 0.1) is 0 Å². The molecule has 1 aliphatic carbocycles. The molecule has 1 aromatic heterocycles. The molecule has 1 heterocycles. The van der Waals surface area contributed by atoms with Gasteiger partial charge in [0.2, 0.25) is 5.89 Å². The summed E-state index contributed by atoms with van der Waals surface area (Å²) in [4.78, 5) is 4.28. The Morgan fingerprint density at radius 2 is 2.27 bits per heavy atom. The largest absolute Gasteiger partial charge is 0.388 e. The molecule has 0 radical (unpaired) electrons. The zero-order chi connectivity index (χ0) is 11.1. The van der Waals surface area contributed by atoms with Crippen molar-refractivity contribution in [1.29, 1.82) is 0 Å². The van der Waals surface area contributed by atoms with Gasteiger partial charge in [0.15, 0.2) is 5.82 Å². The van der Waals surface area contributed by atoms with Crippen molar-refractivity contribution in [2.75, 3.05) is 6.54 Å². The second-order valence-corrected chi connectivity index (χ2v) is 4.95. The predicted octanol–water partition coefficient (Wildman–Crippen LogP) is 0.373. The second kappa shape index (κ2) is 3.28. The molecule has 1 unspecified atom stereocenters. The van der Waals surface area contributed by atoms with Crippen LogP contribution in [-0.2, 0) is 11.8 Å². The average molecular weight is 211 g/mol. The second-order valence-electron chi connectivity index (χ2n) is 4.95. The number of hydrogen-bond donors (Lipinski definition) is 2. The first-order valence-electron chi connectivity index (χ1n) is 5.21. The molecule has 1 aliphatic rings. The van der Waals surface area contributed by atoms with E-state index in [0.717, 1.165) is 18.7 Å². The van der Waals surface area contributed by atoms with E-state index < -0.39 is 5.60 Å². The van der Waals surface area contributed by atoms with E-state index in [1.807, 2.05) is 0 Å². The molecule has 0 aromatic carbocycles. The van der Waals surface area contributed by atoms with Crippen LogP contribution in [0.3, 0.4) is 0 Å². The molecule has 1 aromatic rings. The first-order valence-corrected chi connectivity index (χ1v) is 5.21. The number of rotatable bonds is 4. The monoisotopic (exact) mass is 211 g/mol. The van der Waals surface area contributed by atoms with Gasteiger partial charge in [-0.15, -0.1) is 0 Å². The first-order chi connectivity index (χ1) is 6.95. The molecule has 1 fully saturated rings. The van der Waals surface area contributed by atoms with Gasteiger partial charge in [-0.1, -0.05) is 12.1 Å². The van der Waals surface area contributed by atoms with E-state index in [4.69, 9.17) is 10.3 Å². The number of nitrogens with two attached hydrogens (primary N) is 1. The van der Waals surface area contributed by atoms with Gasteiger partial charge in [-0.3, -0.25) is 0 Å². The summed E-state index contributed by atoms with van der Waals surface area (Å²) >= 11 is 0. The van der Waals surface area contributed by atoms with E-state index in [9.17, 15) is 5.11 Å². The van der Waals surface area contributed by atoms with Crippen LogP contribution in [-0.4, -0.2) is 27.4 Å². The highest BCUT2D eigenvalue weighted by atomic mass is 16.5. The maximum atomic E-state index is 9.75. The molecule has 15 heavy (non-hydrogen) atoms. The minimum Gasteiger partial charge on any atom is -0.388 e. The van der Waals surface area contributed by atoms with Crippen molar-refractivity contribution < 1.29 is 9.63 Å². The molecular formula is C10H17N3O2. The number of aromatic nitrogens is 2. The first kappa shape index (κ1) is 10.6. The Kier molecular flexibility index (Phi) is 2.31. The van der Waals surface area contributed by atoms with Gasteiger partial charge in [-0.25, -0.2) is 0 Å². The molecule has 0 aliphatic heterocycles. The fourth-order valence-electron chi connectivity index (χ4n) is 1.38. The summed E-state index contributed by atoms with van der Waals surface area (Å²) in [6.07, 6.45) is 2.53. The maximum absolute atomic E-state index is 9.75. The summed E-state index contributed by atoms with van der Waals surface area (Å²) in [5, 5.41) is 13.7. The summed E-state index contributed by atoms with van der Waals surface area (Å²) in [5.41, 5.74) is 4.56. The summed E-state index contributed by atoms with van der Waals surface area (Å²) in [6.45, 7) is 3.96. The van der Waals surface area contributed by atoms with Gasteiger partial charge in [0, 0.05) is 12.0 Å². The van der Waals surface area contributed by atoms with Crippen molar-refractivity contribution in [3.63, 3.8) is 0 Å². The zero-order valence-electron chi connectivity index (χ0n) is 9.16. The molecule has 1 saturated carbocycles. The molecule has 0 bridgehead atoms. The van der Waals surface area contributed by atoms with Gasteiger partial charge in [-0.05, 0) is 19.8 Å². The fraction of sp³-hybridized carbons (Fsp3) is 0.800. The molecule has 1 atom stereocenters. The Bertz CT molecular complexity index is 355. The molecule has 0 spiro atoms. The zero-order valence-corrected chi connectivity index (χ0v) is 9.16. The van der Waals surface area contributed by atoms with Crippen LogP contribution in [0.15, 0.2) is 4.52 Å². The van der Waals surface area contributed by atoms with Crippen LogP contribution < -0.4 is 5.73 Å². The lowest BCUT2D eigenvalue weighted by molar-refractivity contribution is 0.0610. The van der Waals surface area contributed by atoms with Gasteiger partial charge in [0.1, 0.15) is 0 Å². The van der Waals surface area contributed by atoms with Crippen molar-refractivity contribution in [2.24, 2.45) is 5.73 Å². The molecule has 2 rings (SSSR count). The van der Waals surface area contributed by atoms with Crippen LogP contribution in [0.4, 0.5) is 0 Å². The smallest absolute Gasteiger partial charge is 0.229 e. The lowest BCUT2D eigenvalue weighted by atomic mass is 10.0. The van der Waals surface area contributed by atoms with Gasteiger partial charge >= 0.3 is 0 Å². The van der Waals surface area contributed by atoms with E-state index in [-0.39, 0.29) is 12.0 Å². The highest BCUT2D eigenvalue weighted by molar-refractivity contribution is 5.14. The van der Waals surface area contributed by atoms with E-state index >= 15 is 0 Å². The Labute approximate surface area is 88.7 Å². The van der Waals surface area contributed by atoms with Crippen molar-refractivity contribution in [2.45, 2.75) is 44.1 Å². The molecule has 3 N–H and O–H groups in total. The van der Waals surface area contributed by atoms with Crippen LogP contribution in [0.1, 0.15) is 38.4 Å². The third kappa shape index (κ3) is 2.18. The van der Waals surface area contributed by atoms with Gasteiger partial charge in [0.05, 0.1) is 12.0 Å². The van der Waals surface area contributed by atoms with Crippen LogP contribution >= 0.6 is 0 Å². The summed E-state index contributed by atoms with van der Waals surface area (Å²) in [7, 11) is 0. The molecule has 5 nitrogen and oxygen atoms in total. The quantitative estimate of drug-likeness (QED) is 0.751. The third-order valence-corrected chi connectivity index (χ3v) is 2.98. The average Bonchev–Trinajstić information content (AvgIpc) is 2.75. The van der Waals surface area contributed by atoms with E-state index in [1.165, 1.54) is 0 Å². The Morgan fingerprint density at radius 3 is 2.80 bits per heavy atom. The topological polar surface area (TPSA) is 85.2 Å². The van der Waals surface area contributed by atoms with Gasteiger partial charge in [-0.2, -0.15) is 4.98 Å². The number of nitrogens with zero attached hydrogens (tertiary/aromatic N) is 2. The lowest BCUT2D eigenvalue weighted by Gasteiger charge is -2.17. The van der Waals surface area contributed by atoms with Gasteiger partial charge in [0.25, 0.3) is 0 Å². The SMILES string of the molecule is CC(O)(CN)Cc1nc(C2(C)CC2)no1. The Balaban J connectivity index is 2.08. The van der Waals surface area contributed by atoms with Crippen molar-refractivity contribution >= 4 is 0 Å². The molecular weight excluding hydrogens is 194 g/mol. The maximum Gasteiger partial charge on any atom is 0.229 e. The summed E-state index contributed by atoms with van der Waals surface area (Å²) in [6, 6.07) is 0. The van der Waals surface area contributed by atoms with Crippen LogP contribution in [0.25, 0.3) is 0 Å². The summed E-state index contributed by atoms with van der Waals surface area (Å²) in [5.74, 6) is 1.22. The number of aliphatic hydroxyl groups is 1. The van der Waals surface area contributed by atoms with Crippen LogP contribution in [0.5, 0.6) is 0 Å².